The Bertz CT molecular complexity index is 673. The lowest BCUT2D eigenvalue weighted by Crippen LogP contribution is -2.23. The quantitative estimate of drug-likeness (QED) is 0.843. The van der Waals surface area contributed by atoms with Crippen molar-refractivity contribution in [3.05, 3.63) is 39.8 Å². The maximum atomic E-state index is 12.2. The molecule has 0 atom stereocenters. The van der Waals surface area contributed by atoms with Gasteiger partial charge in [0.1, 0.15) is 0 Å². The summed E-state index contributed by atoms with van der Waals surface area (Å²) in [5.74, 6) is 0. The Balaban J connectivity index is 2.21. The summed E-state index contributed by atoms with van der Waals surface area (Å²) in [6, 6.07) is 4.78. The fourth-order valence-corrected chi connectivity index (χ4v) is 3.61. The van der Waals surface area contributed by atoms with E-state index in [1.807, 2.05) is 13.8 Å². The first-order chi connectivity index (χ1) is 8.88. The van der Waals surface area contributed by atoms with E-state index in [0.717, 1.165) is 16.1 Å². The van der Waals surface area contributed by atoms with Gasteiger partial charge in [-0.2, -0.15) is 0 Å². The number of benzene rings is 1. The second kappa shape index (κ2) is 5.28. The second-order valence-corrected chi connectivity index (χ2v) is 6.97. The summed E-state index contributed by atoms with van der Waals surface area (Å²) in [5.41, 5.74) is 9.47. The van der Waals surface area contributed by atoms with Gasteiger partial charge < -0.3 is 5.73 Å². The monoisotopic (exact) mass is 297 g/mol. The zero-order valence-corrected chi connectivity index (χ0v) is 12.3. The third-order valence-corrected chi connectivity index (χ3v) is 4.97. The standard InChI is InChI=1S/C12H15N3O2S2/c1-8-3-10(13)5-11(4-8)19(16,17)15-6-12-9(2)14-7-18-12/h3-5,7,15H,6,13H2,1-2H3. The molecule has 0 saturated carbocycles. The van der Waals surface area contributed by atoms with Gasteiger partial charge in [0.25, 0.3) is 0 Å². The van der Waals surface area contributed by atoms with E-state index in [1.54, 1.807) is 17.6 Å². The lowest BCUT2D eigenvalue weighted by Gasteiger charge is -2.08. The summed E-state index contributed by atoms with van der Waals surface area (Å²) in [6.45, 7) is 3.90. The van der Waals surface area contributed by atoms with E-state index in [0.29, 0.717) is 5.69 Å². The number of sulfonamides is 1. The fraction of sp³-hybridized carbons (Fsp3) is 0.250. The van der Waals surface area contributed by atoms with Crippen molar-refractivity contribution in [3.63, 3.8) is 0 Å². The molecule has 0 aliphatic heterocycles. The van der Waals surface area contributed by atoms with E-state index >= 15 is 0 Å². The van der Waals surface area contributed by atoms with E-state index < -0.39 is 10.0 Å². The Kier molecular flexibility index (Phi) is 3.88. The molecule has 5 nitrogen and oxygen atoms in total. The number of nitrogens with zero attached hydrogens (tertiary/aromatic N) is 1. The summed E-state index contributed by atoms with van der Waals surface area (Å²) in [7, 11) is -3.55. The number of anilines is 1. The molecular formula is C12H15N3O2S2. The van der Waals surface area contributed by atoms with Gasteiger partial charge >= 0.3 is 0 Å². The van der Waals surface area contributed by atoms with Crippen molar-refractivity contribution < 1.29 is 8.42 Å². The largest absolute Gasteiger partial charge is 0.399 e. The minimum Gasteiger partial charge on any atom is -0.399 e. The van der Waals surface area contributed by atoms with E-state index in [-0.39, 0.29) is 11.4 Å². The average Bonchev–Trinajstić information content (AvgIpc) is 2.71. The predicted molar refractivity (Wildman–Crippen MR) is 76.5 cm³/mol. The number of aromatic nitrogens is 1. The molecule has 7 heteroatoms. The molecule has 3 N–H and O–H groups in total. The molecule has 0 bridgehead atoms. The molecule has 0 unspecified atom stereocenters. The Morgan fingerprint density at radius 1 is 1.32 bits per heavy atom. The first-order valence-electron chi connectivity index (χ1n) is 5.64. The van der Waals surface area contributed by atoms with Gasteiger partial charge in [-0.1, -0.05) is 0 Å². The minimum atomic E-state index is -3.55. The summed E-state index contributed by atoms with van der Waals surface area (Å²) in [4.78, 5) is 5.18. The number of nitrogen functional groups attached to an aromatic ring is 1. The molecule has 0 aliphatic rings. The zero-order valence-electron chi connectivity index (χ0n) is 10.7. The third-order valence-electron chi connectivity index (χ3n) is 2.65. The molecule has 0 aliphatic carbocycles. The minimum absolute atomic E-state index is 0.187. The normalized spacial score (nSPS) is 11.7. The van der Waals surface area contributed by atoms with Crippen molar-refractivity contribution in [3.8, 4) is 0 Å². The maximum absolute atomic E-state index is 12.2. The van der Waals surface area contributed by atoms with Crippen LogP contribution >= 0.6 is 11.3 Å². The Morgan fingerprint density at radius 3 is 2.63 bits per heavy atom. The van der Waals surface area contributed by atoms with Crippen molar-refractivity contribution in [1.29, 1.82) is 0 Å². The van der Waals surface area contributed by atoms with Gasteiger partial charge in [-0.3, -0.25) is 0 Å². The Labute approximate surface area is 116 Å². The highest BCUT2D eigenvalue weighted by Crippen LogP contribution is 2.17. The summed E-state index contributed by atoms with van der Waals surface area (Å²) in [5, 5.41) is 0. The summed E-state index contributed by atoms with van der Waals surface area (Å²) in [6.07, 6.45) is 0. The van der Waals surface area contributed by atoms with E-state index in [9.17, 15) is 8.42 Å². The predicted octanol–water partition coefficient (Wildman–Crippen LogP) is 1.82. The van der Waals surface area contributed by atoms with Crippen molar-refractivity contribution in [2.45, 2.75) is 25.3 Å². The maximum Gasteiger partial charge on any atom is 0.240 e. The van der Waals surface area contributed by atoms with Crippen LogP contribution in [0.1, 0.15) is 16.1 Å². The highest BCUT2D eigenvalue weighted by atomic mass is 32.2. The molecule has 0 saturated heterocycles. The van der Waals surface area contributed by atoms with Crippen LogP contribution in [0.25, 0.3) is 0 Å². The van der Waals surface area contributed by atoms with Gasteiger partial charge in [-0.25, -0.2) is 18.1 Å². The molecule has 0 fully saturated rings. The second-order valence-electron chi connectivity index (χ2n) is 4.26. The molecule has 0 spiro atoms. The van der Waals surface area contributed by atoms with Gasteiger partial charge in [0.15, 0.2) is 0 Å². The molecule has 0 amide bonds. The van der Waals surface area contributed by atoms with Crippen molar-refractivity contribution >= 4 is 27.0 Å². The van der Waals surface area contributed by atoms with Crippen molar-refractivity contribution in [1.82, 2.24) is 9.71 Å². The van der Waals surface area contributed by atoms with Crippen LogP contribution in [-0.4, -0.2) is 13.4 Å². The van der Waals surface area contributed by atoms with Crippen LogP contribution in [-0.2, 0) is 16.6 Å². The van der Waals surface area contributed by atoms with Gasteiger partial charge in [-0.05, 0) is 37.6 Å². The summed E-state index contributed by atoms with van der Waals surface area (Å²) >= 11 is 1.43. The molecular weight excluding hydrogens is 282 g/mol. The first kappa shape index (κ1) is 14.0. The van der Waals surface area contributed by atoms with Crippen LogP contribution < -0.4 is 10.5 Å². The molecule has 1 heterocycles. The van der Waals surface area contributed by atoms with Gasteiger partial charge in [0, 0.05) is 17.1 Å². The number of hydrogen-bond donors (Lipinski definition) is 2. The van der Waals surface area contributed by atoms with Crippen LogP contribution in [0.5, 0.6) is 0 Å². The van der Waals surface area contributed by atoms with Crippen LogP contribution in [0.2, 0.25) is 0 Å². The number of aryl methyl sites for hydroxylation is 2. The van der Waals surface area contributed by atoms with Crippen LogP contribution in [0.4, 0.5) is 5.69 Å². The van der Waals surface area contributed by atoms with E-state index in [1.165, 1.54) is 17.4 Å². The molecule has 2 aromatic rings. The molecule has 1 aromatic heterocycles. The molecule has 102 valence electrons. The van der Waals surface area contributed by atoms with Crippen LogP contribution in [0.3, 0.4) is 0 Å². The number of hydrogen-bond acceptors (Lipinski definition) is 5. The molecule has 0 radical (unpaired) electrons. The van der Waals surface area contributed by atoms with E-state index in [2.05, 4.69) is 9.71 Å². The lowest BCUT2D eigenvalue weighted by atomic mass is 10.2. The number of thiazole rings is 1. The van der Waals surface area contributed by atoms with Crippen LogP contribution in [0, 0.1) is 13.8 Å². The van der Waals surface area contributed by atoms with E-state index in [4.69, 9.17) is 5.73 Å². The van der Waals surface area contributed by atoms with Crippen molar-refractivity contribution in [2.75, 3.05) is 5.73 Å². The molecule has 2 rings (SSSR count). The smallest absolute Gasteiger partial charge is 0.240 e. The fourth-order valence-electron chi connectivity index (χ4n) is 1.67. The average molecular weight is 297 g/mol. The van der Waals surface area contributed by atoms with Gasteiger partial charge in [0.05, 0.1) is 16.1 Å². The highest BCUT2D eigenvalue weighted by Gasteiger charge is 2.15. The number of nitrogens with two attached hydrogens (primary N) is 1. The summed E-state index contributed by atoms with van der Waals surface area (Å²) < 4.78 is 26.9. The SMILES string of the molecule is Cc1cc(N)cc(S(=O)(=O)NCc2scnc2C)c1. The first-order valence-corrected chi connectivity index (χ1v) is 8.00. The molecule has 1 aromatic carbocycles. The Morgan fingerprint density at radius 2 is 2.05 bits per heavy atom. The Hall–Kier alpha value is -1.44. The third kappa shape index (κ3) is 3.31. The van der Waals surface area contributed by atoms with Crippen molar-refractivity contribution in [2.24, 2.45) is 0 Å². The lowest BCUT2D eigenvalue weighted by molar-refractivity contribution is 0.581. The number of nitrogens with one attached hydrogen (secondary N) is 1. The number of rotatable bonds is 4. The topological polar surface area (TPSA) is 85.1 Å². The van der Waals surface area contributed by atoms with Gasteiger partial charge in [-0.15, -0.1) is 11.3 Å². The highest BCUT2D eigenvalue weighted by molar-refractivity contribution is 7.89. The van der Waals surface area contributed by atoms with Crippen LogP contribution in [0.15, 0.2) is 28.6 Å². The van der Waals surface area contributed by atoms with Gasteiger partial charge in [0.2, 0.25) is 10.0 Å². The zero-order chi connectivity index (χ0) is 14.0. The molecule has 19 heavy (non-hydrogen) atoms.